The third kappa shape index (κ3) is 2.84. The van der Waals surface area contributed by atoms with Crippen LogP contribution in [0.5, 0.6) is 0 Å². The normalized spacial score (nSPS) is 27.1. The van der Waals surface area contributed by atoms with Crippen molar-refractivity contribution >= 4 is 0 Å². The molecule has 2 fully saturated rings. The van der Waals surface area contributed by atoms with Crippen molar-refractivity contribution in [1.29, 1.82) is 0 Å². The van der Waals surface area contributed by atoms with E-state index in [1.165, 1.54) is 24.2 Å². The van der Waals surface area contributed by atoms with Crippen molar-refractivity contribution in [3.63, 3.8) is 0 Å². The van der Waals surface area contributed by atoms with Crippen molar-refractivity contribution in [2.75, 3.05) is 6.61 Å². The van der Waals surface area contributed by atoms with Crippen LogP contribution in [0.4, 0.5) is 0 Å². The molecule has 0 radical (unpaired) electrons. The molecule has 19 heavy (non-hydrogen) atoms. The average molecular weight is 263 g/mol. The molecule has 0 amide bonds. The van der Waals surface area contributed by atoms with Crippen LogP contribution in [0.25, 0.3) is 0 Å². The van der Waals surface area contributed by atoms with Crippen LogP contribution in [-0.4, -0.2) is 28.5 Å². The lowest BCUT2D eigenvalue weighted by Crippen LogP contribution is -2.37. The summed E-state index contributed by atoms with van der Waals surface area (Å²) in [6.45, 7) is 7.10. The lowest BCUT2D eigenvalue weighted by molar-refractivity contribution is 0.0807. The number of nitrogens with zero attached hydrogens (tertiary/aromatic N) is 2. The summed E-state index contributed by atoms with van der Waals surface area (Å²) in [7, 11) is 0. The number of aryl methyl sites for hydroxylation is 2. The van der Waals surface area contributed by atoms with Gasteiger partial charge in [-0.05, 0) is 44.6 Å². The number of aromatic nitrogens is 2. The highest BCUT2D eigenvalue weighted by Crippen LogP contribution is 2.38. The molecular weight excluding hydrogens is 238 g/mol. The van der Waals surface area contributed by atoms with Gasteiger partial charge in [0, 0.05) is 25.7 Å². The smallest absolute Gasteiger partial charge is 0.0757 e. The van der Waals surface area contributed by atoms with Crippen LogP contribution in [0.1, 0.15) is 44.5 Å². The third-order valence-corrected chi connectivity index (χ3v) is 4.34. The Morgan fingerprint density at radius 3 is 2.89 bits per heavy atom. The molecule has 0 bridgehead atoms. The molecule has 1 saturated carbocycles. The van der Waals surface area contributed by atoms with E-state index in [0.29, 0.717) is 12.1 Å². The van der Waals surface area contributed by atoms with Gasteiger partial charge in [-0.3, -0.25) is 4.68 Å². The van der Waals surface area contributed by atoms with Crippen LogP contribution in [0, 0.1) is 5.92 Å². The summed E-state index contributed by atoms with van der Waals surface area (Å²) < 4.78 is 7.99. The molecule has 0 spiro atoms. The van der Waals surface area contributed by atoms with Gasteiger partial charge in [0.2, 0.25) is 0 Å². The van der Waals surface area contributed by atoms with E-state index in [1.807, 2.05) is 0 Å². The second kappa shape index (κ2) is 5.63. The first-order valence-corrected chi connectivity index (χ1v) is 7.72. The van der Waals surface area contributed by atoms with Crippen molar-refractivity contribution in [1.82, 2.24) is 15.1 Å². The van der Waals surface area contributed by atoms with Gasteiger partial charge in [-0.2, -0.15) is 5.10 Å². The summed E-state index contributed by atoms with van der Waals surface area (Å²) >= 11 is 0. The zero-order valence-electron chi connectivity index (χ0n) is 12.1. The van der Waals surface area contributed by atoms with Crippen molar-refractivity contribution in [2.45, 2.75) is 64.8 Å². The monoisotopic (exact) mass is 263 g/mol. The standard InChI is InChI=1S/C15H25N3O/c1-3-12-9-13(18(4-2)17-12)10-16-14-7-8-19-15(14)11-5-6-11/h9,11,14-16H,3-8,10H2,1-2H3. The molecule has 1 aliphatic heterocycles. The Balaban J connectivity index is 1.60. The van der Waals surface area contributed by atoms with E-state index in [9.17, 15) is 0 Å². The SMILES string of the molecule is CCc1cc(CNC2CCOC2C2CC2)n(CC)n1. The summed E-state index contributed by atoms with van der Waals surface area (Å²) in [4.78, 5) is 0. The number of hydrogen-bond acceptors (Lipinski definition) is 3. The van der Waals surface area contributed by atoms with Gasteiger partial charge in [-0.25, -0.2) is 0 Å². The minimum Gasteiger partial charge on any atom is -0.376 e. The zero-order valence-corrected chi connectivity index (χ0v) is 12.1. The molecule has 2 heterocycles. The molecule has 1 saturated heterocycles. The predicted molar refractivity (Wildman–Crippen MR) is 75.0 cm³/mol. The molecule has 1 aromatic heterocycles. The second-order valence-corrected chi connectivity index (χ2v) is 5.75. The minimum atomic E-state index is 0.462. The molecule has 1 N–H and O–H groups in total. The van der Waals surface area contributed by atoms with Gasteiger partial charge in [-0.15, -0.1) is 0 Å². The highest BCUT2D eigenvalue weighted by atomic mass is 16.5. The van der Waals surface area contributed by atoms with E-state index in [-0.39, 0.29) is 0 Å². The predicted octanol–water partition coefficient (Wildman–Crippen LogP) is 2.12. The minimum absolute atomic E-state index is 0.462. The molecule has 3 rings (SSSR count). The van der Waals surface area contributed by atoms with Gasteiger partial charge in [0.15, 0.2) is 0 Å². The maximum atomic E-state index is 5.88. The Hall–Kier alpha value is -0.870. The average Bonchev–Trinajstić information content (AvgIpc) is 3.04. The van der Waals surface area contributed by atoms with Crippen LogP contribution in [0.3, 0.4) is 0 Å². The fourth-order valence-corrected chi connectivity index (χ4v) is 3.06. The highest BCUT2D eigenvalue weighted by Gasteiger charge is 2.40. The molecule has 106 valence electrons. The molecule has 0 aromatic carbocycles. The van der Waals surface area contributed by atoms with Gasteiger partial charge < -0.3 is 10.1 Å². The fraction of sp³-hybridized carbons (Fsp3) is 0.800. The maximum Gasteiger partial charge on any atom is 0.0757 e. The topological polar surface area (TPSA) is 39.1 Å². The van der Waals surface area contributed by atoms with Crippen molar-refractivity contribution < 1.29 is 4.74 Å². The maximum absolute atomic E-state index is 5.88. The number of rotatable bonds is 6. The van der Waals surface area contributed by atoms with Crippen molar-refractivity contribution in [3.8, 4) is 0 Å². The Labute approximate surface area is 115 Å². The molecule has 2 atom stereocenters. The van der Waals surface area contributed by atoms with E-state index in [1.54, 1.807) is 0 Å². The Bertz CT molecular complexity index is 425. The molecule has 1 aliphatic carbocycles. The van der Waals surface area contributed by atoms with Crippen LogP contribution < -0.4 is 5.32 Å². The zero-order chi connectivity index (χ0) is 13.2. The number of hydrogen-bond donors (Lipinski definition) is 1. The van der Waals surface area contributed by atoms with Gasteiger partial charge in [0.1, 0.15) is 0 Å². The first kappa shape index (κ1) is 13.1. The van der Waals surface area contributed by atoms with Crippen LogP contribution in [0.15, 0.2) is 6.07 Å². The molecule has 1 aromatic rings. The lowest BCUT2D eigenvalue weighted by atomic mass is 10.1. The molecule has 4 nitrogen and oxygen atoms in total. The van der Waals surface area contributed by atoms with Crippen LogP contribution in [-0.2, 0) is 24.2 Å². The van der Waals surface area contributed by atoms with E-state index < -0.39 is 0 Å². The van der Waals surface area contributed by atoms with Gasteiger partial charge >= 0.3 is 0 Å². The Morgan fingerprint density at radius 2 is 2.21 bits per heavy atom. The summed E-state index contributed by atoms with van der Waals surface area (Å²) in [5, 5.41) is 8.30. The summed E-state index contributed by atoms with van der Waals surface area (Å²) in [5.74, 6) is 0.822. The largest absolute Gasteiger partial charge is 0.376 e. The number of ether oxygens (including phenoxy) is 1. The first-order chi connectivity index (χ1) is 9.31. The van der Waals surface area contributed by atoms with Gasteiger partial charge in [0.25, 0.3) is 0 Å². The van der Waals surface area contributed by atoms with Crippen LogP contribution in [0.2, 0.25) is 0 Å². The van der Waals surface area contributed by atoms with Gasteiger partial charge in [-0.1, -0.05) is 6.92 Å². The van der Waals surface area contributed by atoms with Crippen molar-refractivity contribution in [2.24, 2.45) is 5.92 Å². The Kier molecular flexibility index (Phi) is 3.89. The second-order valence-electron chi connectivity index (χ2n) is 5.75. The van der Waals surface area contributed by atoms with E-state index in [4.69, 9.17) is 4.74 Å². The first-order valence-electron chi connectivity index (χ1n) is 7.72. The lowest BCUT2D eigenvalue weighted by Gasteiger charge is -2.19. The quantitative estimate of drug-likeness (QED) is 0.854. The number of nitrogens with one attached hydrogen (secondary N) is 1. The Morgan fingerprint density at radius 1 is 1.37 bits per heavy atom. The van der Waals surface area contributed by atoms with E-state index in [2.05, 4.69) is 35.0 Å². The van der Waals surface area contributed by atoms with Crippen LogP contribution >= 0.6 is 0 Å². The highest BCUT2D eigenvalue weighted by molar-refractivity contribution is 5.10. The molecule has 2 aliphatic rings. The molecular formula is C15H25N3O. The summed E-state index contributed by atoms with van der Waals surface area (Å²) in [6.07, 6.45) is 5.34. The fourth-order valence-electron chi connectivity index (χ4n) is 3.06. The van der Waals surface area contributed by atoms with Crippen molar-refractivity contribution in [3.05, 3.63) is 17.5 Å². The summed E-state index contributed by atoms with van der Waals surface area (Å²) in [5.41, 5.74) is 2.50. The van der Waals surface area contributed by atoms with E-state index in [0.717, 1.165) is 38.5 Å². The molecule has 2 unspecified atom stereocenters. The third-order valence-electron chi connectivity index (χ3n) is 4.34. The van der Waals surface area contributed by atoms with Gasteiger partial charge in [0.05, 0.1) is 17.5 Å². The molecule has 4 heteroatoms. The summed E-state index contributed by atoms with van der Waals surface area (Å²) in [6, 6.07) is 2.77. The van der Waals surface area contributed by atoms with E-state index >= 15 is 0 Å².